The number of carbonyl (C=O) groups excluding carboxylic acids is 8. The molecule has 0 bridgehead atoms. The highest BCUT2D eigenvalue weighted by Crippen LogP contribution is 2.57. The van der Waals surface area contributed by atoms with Crippen LogP contribution in [0.25, 0.3) is 32.4 Å². The normalized spacial score (nSPS) is 21.4. The van der Waals surface area contributed by atoms with Gasteiger partial charge in [-0.3, -0.25) is 28.9 Å². The molecule has 3 aliphatic carbocycles. The van der Waals surface area contributed by atoms with Crippen LogP contribution in [0.15, 0.2) is 105 Å². The van der Waals surface area contributed by atoms with Gasteiger partial charge in [-0.2, -0.15) is 0 Å². The van der Waals surface area contributed by atoms with Crippen LogP contribution in [0, 0.1) is 17.8 Å². The Hall–Kier alpha value is -10.9. The van der Waals surface area contributed by atoms with Gasteiger partial charge in [0.15, 0.2) is 0 Å². The summed E-state index contributed by atoms with van der Waals surface area (Å²) in [5.41, 5.74) is 3.68. The maximum Gasteiger partial charge on any atom is 0.411 e. The second-order valence-electron chi connectivity index (χ2n) is 41.9. The van der Waals surface area contributed by atoms with E-state index in [-0.39, 0.29) is 50.2 Å². The first-order chi connectivity index (χ1) is 64.7. The Labute approximate surface area is 803 Å². The van der Waals surface area contributed by atoms with Crippen molar-refractivity contribution in [3.05, 3.63) is 138 Å². The molecule has 15 rings (SSSR count). The molecule has 3 saturated heterocycles. The summed E-state index contributed by atoms with van der Waals surface area (Å²) in [7, 11) is 9.05. The lowest BCUT2D eigenvalue weighted by Gasteiger charge is -2.37. The van der Waals surface area contributed by atoms with Crippen LogP contribution >= 0.6 is 0 Å². The van der Waals surface area contributed by atoms with Crippen LogP contribution in [-0.2, 0) is 86.0 Å². The summed E-state index contributed by atoms with van der Waals surface area (Å²) in [6.45, 7) is 30.1. The number of unbranched alkanes of at least 4 members (excludes halogenated alkanes) is 9. The number of benzene rings is 5. The van der Waals surface area contributed by atoms with E-state index < -0.39 is 105 Å². The van der Waals surface area contributed by atoms with Crippen molar-refractivity contribution in [1.29, 1.82) is 0 Å². The smallest absolute Gasteiger partial charge is 0.411 e. The molecule has 6 fully saturated rings. The number of methoxy groups -OCH3 is 6. The first kappa shape index (κ1) is 104. The zero-order chi connectivity index (χ0) is 98.4. The van der Waals surface area contributed by atoms with Crippen molar-refractivity contribution in [1.82, 2.24) is 19.7 Å². The van der Waals surface area contributed by atoms with Crippen molar-refractivity contribution in [2.75, 3.05) is 62.3 Å². The van der Waals surface area contributed by atoms with E-state index in [0.717, 1.165) is 209 Å². The lowest BCUT2D eigenvalue weighted by molar-refractivity contribution is -0.160. The molecule has 5 aromatic carbocycles. The van der Waals surface area contributed by atoms with Crippen molar-refractivity contribution < 1.29 is 105 Å². The SMILES string of the molecule is C=CCCCCC[C@H](C)C(=O)O.C=CCCCCC[C@H](CC(=O)OC(C)(C)C)C(=O)N1C[C@@]2(CCc3c(c(C4CC4)cc4ccc(OC)cc34)O2)C[C@H]1C(=O)OC.C=CCCCCC[C@H](CC(=O)OC(C)(C)C)C(=O)N1C[C@]2(CCc3c(c(C4CC4)cc4ccc(OC)cc34)O2)C[C@H]1C(=O)OC.COC(=O)[C@@H]1CC2(CCc3c(c(C4CC4)nc4ccc(OC)cc34)O2)CN1C(=O)OC(C)(C)C. The summed E-state index contributed by atoms with van der Waals surface area (Å²) < 4.78 is 69.6. The molecule has 0 radical (unpaired) electrons. The molecule has 1 aromatic heterocycles. The zero-order valence-corrected chi connectivity index (χ0v) is 83.5. The van der Waals surface area contributed by atoms with Gasteiger partial charge in [0.2, 0.25) is 11.8 Å². The summed E-state index contributed by atoms with van der Waals surface area (Å²) in [6, 6.07) is 20.4. The van der Waals surface area contributed by atoms with E-state index >= 15 is 0 Å². The minimum atomic E-state index is -0.782. The fourth-order valence-corrected chi connectivity index (χ4v) is 20.2. The molecule has 3 amide bonds. The zero-order valence-electron chi connectivity index (χ0n) is 83.5. The van der Waals surface area contributed by atoms with Crippen LogP contribution in [0.1, 0.15) is 307 Å². The number of hydrogen-bond acceptors (Lipinski definition) is 22. The number of esters is 5. The number of aryl methyl sites for hydroxylation is 3. The maximum atomic E-state index is 14.3. The Bertz CT molecular complexity index is 5120. The Balaban J connectivity index is 0.000000174. The Morgan fingerprint density at radius 1 is 0.449 bits per heavy atom. The molecule has 6 aromatic rings. The number of allylic oxidation sites excluding steroid dienone is 3. The number of hydrogen-bond donors (Lipinski definition) is 1. The number of rotatable bonds is 34. The van der Waals surface area contributed by atoms with Gasteiger partial charge in [0.25, 0.3) is 0 Å². The lowest BCUT2D eigenvalue weighted by atomic mass is 9.85. The molecule has 26 nitrogen and oxygen atoms in total. The monoisotopic (exact) mass is 1880 g/mol. The second-order valence-corrected chi connectivity index (χ2v) is 41.9. The predicted octanol–water partition coefficient (Wildman–Crippen LogP) is 21.3. The number of fused-ring (bicyclic) bond motifs is 9. The van der Waals surface area contributed by atoms with Gasteiger partial charge in [-0.1, -0.05) is 75.8 Å². The molecule has 9 aliphatic rings. The number of carbonyl (C=O) groups is 9. The Morgan fingerprint density at radius 2 is 0.801 bits per heavy atom. The minimum absolute atomic E-state index is 0.0295. The van der Waals surface area contributed by atoms with E-state index in [0.29, 0.717) is 69.1 Å². The number of carboxylic acid groups (broad SMARTS) is 1. The summed E-state index contributed by atoms with van der Waals surface area (Å²) in [6.07, 6.45) is 30.5. The number of ether oxygens (including phenoxy) is 12. The third-order valence-corrected chi connectivity index (χ3v) is 27.7. The molecule has 136 heavy (non-hydrogen) atoms. The fraction of sp³-hybridized carbons (Fsp3) is 0.600. The topological polar surface area (TPSA) is 307 Å². The van der Waals surface area contributed by atoms with Crippen LogP contribution < -0.4 is 28.4 Å². The van der Waals surface area contributed by atoms with Gasteiger partial charge in [0.05, 0.1) is 92.3 Å². The van der Waals surface area contributed by atoms with Gasteiger partial charge in [-0.05, 0) is 296 Å². The molecule has 3 saturated carbocycles. The van der Waals surface area contributed by atoms with E-state index in [1.165, 1.54) is 59.3 Å². The molecule has 3 spiro atoms. The number of nitrogens with zero attached hydrogens (tertiary/aromatic N) is 4. The van der Waals surface area contributed by atoms with Crippen molar-refractivity contribution in [3.8, 4) is 34.5 Å². The van der Waals surface area contributed by atoms with E-state index in [9.17, 15) is 43.2 Å². The van der Waals surface area contributed by atoms with Crippen molar-refractivity contribution in [2.24, 2.45) is 17.8 Å². The van der Waals surface area contributed by atoms with Gasteiger partial charge < -0.3 is 71.7 Å². The van der Waals surface area contributed by atoms with Gasteiger partial charge >= 0.3 is 41.9 Å². The average molecular weight is 1880 g/mol. The van der Waals surface area contributed by atoms with E-state index in [1.807, 2.05) is 111 Å². The number of aromatic nitrogens is 1. The lowest BCUT2D eigenvalue weighted by Crippen LogP contribution is -2.46. The van der Waals surface area contributed by atoms with E-state index in [2.05, 4.69) is 56.1 Å². The highest BCUT2D eigenvalue weighted by molar-refractivity contribution is 5.95. The molecular weight excluding hydrogens is 1730 g/mol. The average Bonchev–Trinajstić information content (AvgIpc) is 1.48. The number of pyridine rings is 1. The van der Waals surface area contributed by atoms with Crippen LogP contribution in [0.3, 0.4) is 0 Å². The van der Waals surface area contributed by atoms with Crippen molar-refractivity contribution >= 4 is 86.2 Å². The molecule has 1 unspecified atom stereocenters. The van der Waals surface area contributed by atoms with Gasteiger partial charge in [0, 0.05) is 59.1 Å². The summed E-state index contributed by atoms with van der Waals surface area (Å²) in [4.78, 5) is 127. The predicted molar refractivity (Wildman–Crippen MR) is 522 cm³/mol. The minimum Gasteiger partial charge on any atom is -0.497 e. The molecule has 1 N–H and O–H groups in total. The summed E-state index contributed by atoms with van der Waals surface area (Å²) in [5.74, 6) is 1.60. The third-order valence-electron chi connectivity index (χ3n) is 27.7. The molecule has 26 heteroatoms. The van der Waals surface area contributed by atoms with E-state index in [1.54, 1.807) is 38.1 Å². The highest BCUT2D eigenvalue weighted by Gasteiger charge is 2.58. The van der Waals surface area contributed by atoms with E-state index in [4.69, 9.17) is 66.9 Å². The first-order valence-electron chi connectivity index (χ1n) is 49.4. The van der Waals surface area contributed by atoms with Gasteiger partial charge in [0.1, 0.15) is 86.2 Å². The fourth-order valence-electron chi connectivity index (χ4n) is 20.2. The Morgan fingerprint density at radius 3 is 1.16 bits per heavy atom. The van der Waals surface area contributed by atoms with Crippen LogP contribution in [0.4, 0.5) is 4.79 Å². The van der Waals surface area contributed by atoms with Crippen LogP contribution in [0.5, 0.6) is 34.5 Å². The number of likely N-dealkylation sites (tertiary alicyclic amines) is 3. The standard InChI is InChI=1S/2C37H49NO7.C26H32N2O6.C10H18O2/c2*1-7-8-9-10-11-12-26(20-32(39)44-36(2,3)4)34(40)38-23-37(22-31(38)35(41)43-6)18-17-28-29-21-27(42-5)16-15-25(29)19-30(24-13-14-24)33(28)45-37;1-25(2,3)34-24(30)28-14-26(13-20(28)23(29)32-5)11-10-17-18-12-16(31-4)8-9-19(18)27-21(15-6-7-15)22(17)33-26;1-3-4-5-6-7-8-9(2)10(11)12/h2*7,15-16,19,21,24,26,31H,1,8-14,17-18,20,22-23H2,2-6H3;8-9,12,15,20H,6-7,10-11,13-14H2,1-5H3;3,9H,1,4-8H2,2H3,(H,11,12)/t26-,31+,37+;26-,31+,37-;20-,26?;9-/m1100/s1. The largest absolute Gasteiger partial charge is 0.497 e. The maximum absolute atomic E-state index is 14.3. The van der Waals surface area contributed by atoms with Crippen molar-refractivity contribution in [3.63, 3.8) is 0 Å². The highest BCUT2D eigenvalue weighted by atomic mass is 16.6. The quantitative estimate of drug-likeness (QED) is 0.0170. The van der Waals surface area contributed by atoms with Crippen molar-refractivity contribution in [2.45, 2.75) is 344 Å². The molecule has 7 heterocycles. The van der Waals surface area contributed by atoms with Gasteiger partial charge in [-0.25, -0.2) is 24.2 Å². The van der Waals surface area contributed by atoms with Crippen LogP contribution in [-0.4, -0.2) is 193 Å². The Kier molecular flexibility index (Phi) is 34.5. The number of aliphatic carboxylic acids is 1. The summed E-state index contributed by atoms with van der Waals surface area (Å²) in [5, 5.41) is 14.2. The number of amides is 3. The molecule has 740 valence electrons. The second kappa shape index (κ2) is 45.1. The first-order valence-corrected chi connectivity index (χ1v) is 49.4. The van der Waals surface area contributed by atoms with Gasteiger partial charge in [-0.15, -0.1) is 19.7 Å². The molecular formula is C110H148N4O22. The van der Waals surface area contributed by atoms with Crippen LogP contribution in [0.2, 0.25) is 0 Å². The number of carboxylic acids is 1. The molecule has 6 aliphatic heterocycles. The molecule has 9 atom stereocenters. The summed E-state index contributed by atoms with van der Waals surface area (Å²) >= 11 is 0. The third kappa shape index (κ3) is 26.3.